The number of hydrogen-bond acceptors (Lipinski definition) is 4. The Hall–Kier alpha value is -2.08. The second kappa shape index (κ2) is 6.58. The molecule has 1 saturated heterocycles. The fourth-order valence-electron chi connectivity index (χ4n) is 2.36. The first-order chi connectivity index (χ1) is 9.97. The van der Waals surface area contributed by atoms with E-state index in [0.29, 0.717) is 13.0 Å². The lowest BCUT2D eigenvalue weighted by Crippen LogP contribution is -2.48. The standard InChI is InChI=1S/C15H21N3O3/c1-17-8-9-18(10-14(17)19)12-4-2-11(3-5-12)13(16)6-7-15(20)21/h2-5,13H,6-10,16H2,1H3,(H,20,21). The molecule has 0 radical (unpaired) electrons. The predicted molar refractivity (Wildman–Crippen MR) is 80.1 cm³/mol. The van der Waals surface area contributed by atoms with Gasteiger partial charge in [-0.05, 0) is 24.1 Å². The number of likely N-dealkylation sites (N-methyl/N-ethyl adjacent to an activating group) is 1. The molecule has 0 spiro atoms. The van der Waals surface area contributed by atoms with Gasteiger partial charge in [0.25, 0.3) is 0 Å². The van der Waals surface area contributed by atoms with E-state index < -0.39 is 5.97 Å². The molecule has 1 aliphatic heterocycles. The number of benzene rings is 1. The summed E-state index contributed by atoms with van der Waals surface area (Å²) in [5.74, 6) is -0.721. The second-order valence-corrected chi connectivity index (χ2v) is 5.37. The topological polar surface area (TPSA) is 86.9 Å². The van der Waals surface area contributed by atoms with E-state index in [2.05, 4.69) is 0 Å². The van der Waals surface area contributed by atoms with E-state index in [1.54, 1.807) is 4.90 Å². The Morgan fingerprint density at radius 1 is 1.33 bits per heavy atom. The number of nitrogens with zero attached hydrogens (tertiary/aromatic N) is 2. The number of anilines is 1. The Morgan fingerprint density at radius 2 is 2.00 bits per heavy atom. The number of carboxylic acid groups (broad SMARTS) is 1. The normalized spacial score (nSPS) is 17.0. The van der Waals surface area contributed by atoms with Crippen LogP contribution in [0.2, 0.25) is 0 Å². The van der Waals surface area contributed by atoms with Gasteiger partial charge in [0.15, 0.2) is 0 Å². The van der Waals surface area contributed by atoms with Gasteiger partial charge >= 0.3 is 5.97 Å². The Labute approximate surface area is 124 Å². The van der Waals surface area contributed by atoms with Gasteiger partial charge in [-0.25, -0.2) is 0 Å². The fraction of sp³-hybridized carbons (Fsp3) is 0.467. The van der Waals surface area contributed by atoms with Crippen LogP contribution in [0.5, 0.6) is 0 Å². The number of amides is 1. The third-order valence-electron chi connectivity index (χ3n) is 3.81. The van der Waals surface area contributed by atoms with Gasteiger partial charge in [-0.3, -0.25) is 9.59 Å². The summed E-state index contributed by atoms with van der Waals surface area (Å²) < 4.78 is 0. The molecule has 1 aromatic rings. The van der Waals surface area contributed by atoms with E-state index in [0.717, 1.165) is 24.3 Å². The molecule has 1 fully saturated rings. The lowest BCUT2D eigenvalue weighted by molar-refractivity contribution is -0.137. The predicted octanol–water partition coefficient (Wildman–Crippen LogP) is 0.830. The number of carboxylic acids is 1. The highest BCUT2D eigenvalue weighted by atomic mass is 16.4. The molecule has 2 rings (SSSR count). The minimum absolute atomic E-state index is 0.0654. The number of hydrogen-bond donors (Lipinski definition) is 2. The van der Waals surface area contributed by atoms with Crippen LogP contribution in [0, 0.1) is 0 Å². The molecule has 1 aromatic carbocycles. The fourth-order valence-corrected chi connectivity index (χ4v) is 2.36. The summed E-state index contributed by atoms with van der Waals surface area (Å²) in [6.07, 6.45) is 0.484. The highest BCUT2D eigenvalue weighted by Gasteiger charge is 2.21. The van der Waals surface area contributed by atoms with Gasteiger partial charge in [0.05, 0.1) is 6.54 Å². The number of carbonyl (C=O) groups is 2. The van der Waals surface area contributed by atoms with Crippen LogP contribution in [0.25, 0.3) is 0 Å². The van der Waals surface area contributed by atoms with Crippen molar-refractivity contribution < 1.29 is 14.7 Å². The maximum Gasteiger partial charge on any atom is 0.303 e. The van der Waals surface area contributed by atoms with Gasteiger partial charge in [-0.2, -0.15) is 0 Å². The summed E-state index contributed by atoms with van der Waals surface area (Å²) in [6, 6.07) is 7.42. The van der Waals surface area contributed by atoms with Gasteiger partial charge < -0.3 is 20.6 Å². The van der Waals surface area contributed by atoms with E-state index in [-0.39, 0.29) is 18.4 Å². The average Bonchev–Trinajstić information content (AvgIpc) is 2.48. The molecule has 0 aliphatic carbocycles. The zero-order chi connectivity index (χ0) is 15.4. The quantitative estimate of drug-likeness (QED) is 0.839. The summed E-state index contributed by atoms with van der Waals surface area (Å²) in [5.41, 5.74) is 7.88. The van der Waals surface area contributed by atoms with Crippen molar-refractivity contribution in [2.75, 3.05) is 31.6 Å². The number of carbonyl (C=O) groups excluding carboxylic acids is 1. The Morgan fingerprint density at radius 3 is 2.57 bits per heavy atom. The van der Waals surface area contributed by atoms with Gasteiger partial charge in [-0.1, -0.05) is 12.1 Å². The third-order valence-corrected chi connectivity index (χ3v) is 3.81. The summed E-state index contributed by atoms with van der Waals surface area (Å²) in [7, 11) is 1.81. The molecule has 0 bridgehead atoms. The van der Waals surface area contributed by atoms with Crippen LogP contribution in [-0.2, 0) is 9.59 Å². The summed E-state index contributed by atoms with van der Waals surface area (Å²) in [5, 5.41) is 8.67. The van der Waals surface area contributed by atoms with E-state index in [4.69, 9.17) is 10.8 Å². The summed E-state index contributed by atoms with van der Waals surface area (Å²) in [6.45, 7) is 1.92. The van der Waals surface area contributed by atoms with Crippen LogP contribution in [0.15, 0.2) is 24.3 Å². The highest BCUT2D eigenvalue weighted by molar-refractivity contribution is 5.82. The maximum absolute atomic E-state index is 11.7. The van der Waals surface area contributed by atoms with Crippen molar-refractivity contribution in [3.05, 3.63) is 29.8 Å². The van der Waals surface area contributed by atoms with Crippen molar-refractivity contribution in [1.82, 2.24) is 4.90 Å². The van der Waals surface area contributed by atoms with Crippen LogP contribution < -0.4 is 10.6 Å². The van der Waals surface area contributed by atoms with E-state index >= 15 is 0 Å². The zero-order valence-corrected chi connectivity index (χ0v) is 12.2. The molecule has 21 heavy (non-hydrogen) atoms. The minimum atomic E-state index is -0.835. The molecule has 1 aliphatic rings. The monoisotopic (exact) mass is 291 g/mol. The van der Waals surface area contributed by atoms with Crippen molar-refractivity contribution in [3.63, 3.8) is 0 Å². The molecule has 0 aromatic heterocycles. The number of piperazine rings is 1. The van der Waals surface area contributed by atoms with Crippen molar-refractivity contribution in [3.8, 4) is 0 Å². The van der Waals surface area contributed by atoms with Crippen LogP contribution in [0.1, 0.15) is 24.4 Å². The molecule has 1 atom stereocenters. The van der Waals surface area contributed by atoms with E-state index in [9.17, 15) is 9.59 Å². The minimum Gasteiger partial charge on any atom is -0.481 e. The maximum atomic E-state index is 11.7. The molecule has 6 heteroatoms. The van der Waals surface area contributed by atoms with Gasteiger partial charge in [-0.15, -0.1) is 0 Å². The number of rotatable bonds is 5. The first-order valence-corrected chi connectivity index (χ1v) is 7.03. The molecular formula is C15H21N3O3. The van der Waals surface area contributed by atoms with E-state index in [1.807, 2.05) is 36.2 Å². The highest BCUT2D eigenvalue weighted by Crippen LogP contribution is 2.21. The lowest BCUT2D eigenvalue weighted by atomic mass is 10.0. The molecule has 3 N–H and O–H groups in total. The molecule has 1 heterocycles. The second-order valence-electron chi connectivity index (χ2n) is 5.37. The number of nitrogens with two attached hydrogens (primary N) is 1. The smallest absolute Gasteiger partial charge is 0.303 e. The Balaban J connectivity index is 1.98. The summed E-state index contributed by atoms with van der Waals surface area (Å²) in [4.78, 5) is 26.0. The molecule has 1 amide bonds. The molecular weight excluding hydrogens is 270 g/mol. The summed E-state index contributed by atoms with van der Waals surface area (Å²) >= 11 is 0. The van der Waals surface area contributed by atoms with Crippen molar-refractivity contribution in [2.24, 2.45) is 5.73 Å². The number of aliphatic carboxylic acids is 1. The van der Waals surface area contributed by atoms with Crippen molar-refractivity contribution in [1.29, 1.82) is 0 Å². The third kappa shape index (κ3) is 3.95. The SMILES string of the molecule is CN1CCN(c2ccc(C(N)CCC(=O)O)cc2)CC1=O. The first kappa shape index (κ1) is 15.3. The lowest BCUT2D eigenvalue weighted by Gasteiger charge is -2.33. The largest absolute Gasteiger partial charge is 0.481 e. The molecule has 114 valence electrons. The van der Waals surface area contributed by atoms with Crippen LogP contribution in [0.3, 0.4) is 0 Å². The molecule has 6 nitrogen and oxygen atoms in total. The van der Waals surface area contributed by atoms with Gasteiger partial charge in [0, 0.05) is 38.3 Å². The van der Waals surface area contributed by atoms with Crippen molar-refractivity contribution >= 4 is 17.6 Å². The van der Waals surface area contributed by atoms with Crippen LogP contribution >= 0.6 is 0 Å². The molecule has 0 saturated carbocycles. The average molecular weight is 291 g/mol. The van der Waals surface area contributed by atoms with E-state index in [1.165, 1.54) is 0 Å². The zero-order valence-electron chi connectivity index (χ0n) is 12.2. The Bertz CT molecular complexity index is 515. The Kier molecular flexibility index (Phi) is 4.80. The van der Waals surface area contributed by atoms with Crippen LogP contribution in [0.4, 0.5) is 5.69 Å². The van der Waals surface area contributed by atoms with Gasteiger partial charge in [0.1, 0.15) is 0 Å². The van der Waals surface area contributed by atoms with Crippen LogP contribution in [-0.4, -0.2) is 48.6 Å². The van der Waals surface area contributed by atoms with Crippen molar-refractivity contribution in [2.45, 2.75) is 18.9 Å². The molecule has 1 unspecified atom stereocenters. The van der Waals surface area contributed by atoms with Gasteiger partial charge in [0.2, 0.25) is 5.91 Å². The first-order valence-electron chi connectivity index (χ1n) is 7.03.